The Morgan fingerprint density at radius 3 is 2.20 bits per heavy atom. The number of aromatic nitrogens is 4. The third-order valence-corrected chi connectivity index (χ3v) is 8.88. The summed E-state index contributed by atoms with van der Waals surface area (Å²) in [6.45, 7) is 14.9. The van der Waals surface area contributed by atoms with E-state index in [1.807, 2.05) is 17.0 Å². The van der Waals surface area contributed by atoms with Crippen LogP contribution < -0.4 is 5.32 Å². The van der Waals surface area contributed by atoms with Gasteiger partial charge in [0.1, 0.15) is 11.4 Å². The maximum atomic E-state index is 14.6. The van der Waals surface area contributed by atoms with Crippen LogP contribution in [0.1, 0.15) is 94.8 Å². The van der Waals surface area contributed by atoms with Gasteiger partial charge in [0.15, 0.2) is 0 Å². The molecule has 2 aromatic carbocycles. The Labute approximate surface area is 268 Å². The molecule has 5 rings (SSSR count). The van der Waals surface area contributed by atoms with Gasteiger partial charge in [-0.2, -0.15) is 5.21 Å². The zero-order valence-electron chi connectivity index (χ0n) is 26.1. The lowest BCUT2D eigenvalue weighted by molar-refractivity contribution is -0.134. The number of anilines is 1. The van der Waals surface area contributed by atoms with Crippen LogP contribution in [-0.4, -0.2) is 72.2 Å². The van der Waals surface area contributed by atoms with Gasteiger partial charge in [-0.25, -0.2) is 0 Å². The summed E-state index contributed by atoms with van der Waals surface area (Å²) >= 11 is 12.8. The lowest BCUT2D eigenvalue weighted by Crippen LogP contribution is -2.57. The number of hydrogen-bond donors (Lipinski definition) is 2. The first-order valence-corrected chi connectivity index (χ1v) is 15.7. The van der Waals surface area contributed by atoms with Crippen LogP contribution in [0.5, 0.6) is 0 Å². The van der Waals surface area contributed by atoms with Crippen LogP contribution in [0.4, 0.5) is 5.95 Å². The Kier molecular flexibility index (Phi) is 8.90. The summed E-state index contributed by atoms with van der Waals surface area (Å²) in [5.41, 5.74) is 1.71. The molecular formula is C32H40Cl2N8O2. The first-order chi connectivity index (χ1) is 20.6. The second-order valence-corrected chi connectivity index (χ2v) is 14.7. The molecule has 0 saturated carbocycles. The molecule has 1 saturated heterocycles. The Morgan fingerprint density at radius 1 is 1.02 bits per heavy atom. The largest absolute Gasteiger partial charge is 0.305 e. The van der Waals surface area contributed by atoms with E-state index in [2.05, 4.69) is 72.4 Å². The van der Waals surface area contributed by atoms with E-state index in [9.17, 15) is 9.59 Å². The van der Waals surface area contributed by atoms with E-state index >= 15 is 0 Å². The number of likely N-dealkylation sites (tertiary alicyclic amines) is 1. The van der Waals surface area contributed by atoms with Crippen molar-refractivity contribution in [3.05, 3.63) is 69.2 Å². The van der Waals surface area contributed by atoms with E-state index < -0.39 is 5.66 Å². The van der Waals surface area contributed by atoms with E-state index in [4.69, 9.17) is 28.2 Å². The number of halogens is 2. The Balaban J connectivity index is 1.54. The predicted octanol–water partition coefficient (Wildman–Crippen LogP) is 6.55. The molecule has 2 N–H and O–H groups in total. The van der Waals surface area contributed by atoms with E-state index in [1.165, 1.54) is 0 Å². The predicted molar refractivity (Wildman–Crippen MR) is 173 cm³/mol. The molecule has 0 bridgehead atoms. The minimum Gasteiger partial charge on any atom is -0.305 e. The summed E-state index contributed by atoms with van der Waals surface area (Å²) in [5.74, 6) is -0.388. The number of nitrogens with one attached hydrogen (secondary N) is 2. The van der Waals surface area contributed by atoms with Crippen LogP contribution in [0, 0.1) is 5.41 Å². The van der Waals surface area contributed by atoms with E-state index in [0.717, 1.165) is 31.5 Å². The number of aliphatic imine (C=N–C) groups is 1. The molecule has 1 fully saturated rings. The van der Waals surface area contributed by atoms with Crippen molar-refractivity contribution < 1.29 is 9.59 Å². The SMILES string of the molecule is CC(C)(C)CC[C@H](c1ccc(C(=O)Nc2nn[nH]n2)cc1)N1C(=O)C(c2cc(Cl)cc(Cl)c2)=NC12CCN(C(C)(C)C)CC2. The van der Waals surface area contributed by atoms with Crippen LogP contribution in [0.2, 0.25) is 10.0 Å². The van der Waals surface area contributed by atoms with Crippen LogP contribution in [-0.2, 0) is 4.79 Å². The molecule has 1 aromatic heterocycles. The Hall–Kier alpha value is -3.34. The lowest BCUT2D eigenvalue weighted by atomic mass is 9.84. The molecule has 2 aliphatic heterocycles. The van der Waals surface area contributed by atoms with Crippen molar-refractivity contribution in [2.45, 2.75) is 84.5 Å². The van der Waals surface area contributed by atoms with Crippen molar-refractivity contribution in [1.29, 1.82) is 0 Å². The summed E-state index contributed by atoms with van der Waals surface area (Å²) in [6.07, 6.45) is 3.01. The van der Waals surface area contributed by atoms with Gasteiger partial charge in [0.25, 0.3) is 17.8 Å². The van der Waals surface area contributed by atoms with Crippen molar-refractivity contribution >= 4 is 46.7 Å². The number of aromatic amines is 1. The van der Waals surface area contributed by atoms with Gasteiger partial charge in [0.2, 0.25) is 0 Å². The number of nitrogens with zero attached hydrogens (tertiary/aromatic N) is 6. The van der Waals surface area contributed by atoms with Gasteiger partial charge in [-0.1, -0.05) is 61.2 Å². The maximum Gasteiger partial charge on any atom is 0.275 e. The van der Waals surface area contributed by atoms with E-state index in [0.29, 0.717) is 39.7 Å². The van der Waals surface area contributed by atoms with Gasteiger partial charge in [0.05, 0.1) is 6.04 Å². The average Bonchev–Trinajstić information content (AvgIpc) is 3.54. The number of carbonyl (C=O) groups excluding carboxylic acids is 2. The van der Waals surface area contributed by atoms with Gasteiger partial charge < -0.3 is 4.90 Å². The molecule has 2 amide bonds. The average molecular weight is 640 g/mol. The lowest BCUT2D eigenvalue weighted by Gasteiger charge is -2.49. The number of piperidine rings is 1. The summed E-state index contributed by atoms with van der Waals surface area (Å²) < 4.78 is 0. The number of H-pyrrole nitrogens is 1. The minimum absolute atomic E-state index is 0.00557. The monoisotopic (exact) mass is 638 g/mol. The summed E-state index contributed by atoms with van der Waals surface area (Å²) in [4.78, 5) is 37.1. The van der Waals surface area contributed by atoms with Crippen LogP contribution in [0.3, 0.4) is 0 Å². The van der Waals surface area contributed by atoms with Gasteiger partial charge >= 0.3 is 0 Å². The summed E-state index contributed by atoms with van der Waals surface area (Å²) in [7, 11) is 0. The van der Waals surface area contributed by atoms with Crippen molar-refractivity contribution in [2.24, 2.45) is 10.4 Å². The molecule has 3 heterocycles. The van der Waals surface area contributed by atoms with E-state index in [-0.39, 0.29) is 34.8 Å². The number of tetrazole rings is 1. The van der Waals surface area contributed by atoms with Crippen LogP contribution in [0.25, 0.3) is 0 Å². The van der Waals surface area contributed by atoms with Gasteiger partial charge in [-0.05, 0) is 80.1 Å². The Bertz CT molecular complexity index is 1510. The molecule has 1 spiro atoms. The van der Waals surface area contributed by atoms with Crippen molar-refractivity contribution in [1.82, 2.24) is 30.4 Å². The zero-order valence-corrected chi connectivity index (χ0v) is 27.6. The van der Waals surface area contributed by atoms with Gasteiger partial charge in [0, 0.05) is 52.6 Å². The molecule has 3 aromatic rings. The van der Waals surface area contributed by atoms with Gasteiger partial charge in [-0.15, -0.1) is 5.10 Å². The number of amides is 2. The minimum atomic E-state index is -0.722. The normalized spacial score (nSPS) is 18.0. The second-order valence-electron chi connectivity index (χ2n) is 13.9. The third kappa shape index (κ3) is 6.98. The molecule has 0 unspecified atom stereocenters. The molecule has 234 valence electrons. The molecule has 12 heteroatoms. The molecule has 10 nitrogen and oxygen atoms in total. The van der Waals surface area contributed by atoms with Crippen molar-refractivity contribution in [2.75, 3.05) is 18.4 Å². The highest BCUT2D eigenvalue weighted by Gasteiger charge is 2.52. The third-order valence-electron chi connectivity index (χ3n) is 8.45. The van der Waals surface area contributed by atoms with Crippen molar-refractivity contribution in [3.63, 3.8) is 0 Å². The highest BCUT2D eigenvalue weighted by Crippen LogP contribution is 2.45. The van der Waals surface area contributed by atoms with Gasteiger partial charge in [-0.3, -0.25) is 24.8 Å². The number of benzene rings is 2. The first kappa shape index (κ1) is 32.1. The topological polar surface area (TPSA) is 119 Å². The zero-order chi connectivity index (χ0) is 31.9. The second kappa shape index (κ2) is 12.2. The number of carbonyl (C=O) groups is 2. The molecular weight excluding hydrogens is 599 g/mol. The van der Waals surface area contributed by atoms with Crippen LogP contribution >= 0.6 is 23.2 Å². The highest BCUT2D eigenvalue weighted by molar-refractivity contribution is 6.47. The Morgan fingerprint density at radius 2 is 1.66 bits per heavy atom. The van der Waals surface area contributed by atoms with E-state index in [1.54, 1.807) is 30.3 Å². The first-order valence-electron chi connectivity index (χ1n) is 15.0. The standard InChI is InChI=1S/C32H40Cl2N8O2/c1-30(2,3)12-11-25(20-7-9-21(10-8-20)27(43)35-29-37-39-40-38-29)42-28(44)26(22-17-23(33)19-24(34)18-22)36-32(42)13-15-41(16-14-32)31(4,5)6/h7-10,17-19,25H,11-16H2,1-6H3,(H2,35,37,38,39,40,43)/t25-/m1/s1. The number of hydrogen-bond acceptors (Lipinski definition) is 7. The molecule has 0 aliphatic carbocycles. The highest BCUT2D eigenvalue weighted by atomic mass is 35.5. The molecule has 44 heavy (non-hydrogen) atoms. The quantitative estimate of drug-likeness (QED) is 0.303. The fraction of sp³-hybridized carbons (Fsp3) is 0.500. The van der Waals surface area contributed by atoms with Crippen LogP contribution in [0.15, 0.2) is 47.5 Å². The number of rotatable bonds is 7. The van der Waals surface area contributed by atoms with Crippen molar-refractivity contribution in [3.8, 4) is 0 Å². The maximum absolute atomic E-state index is 14.6. The fourth-order valence-corrected chi connectivity index (χ4v) is 6.60. The molecule has 1 atom stereocenters. The smallest absolute Gasteiger partial charge is 0.275 e. The molecule has 0 radical (unpaired) electrons. The fourth-order valence-electron chi connectivity index (χ4n) is 6.07. The summed E-state index contributed by atoms with van der Waals surface area (Å²) in [5, 5.41) is 16.9. The molecule has 2 aliphatic rings. The summed E-state index contributed by atoms with van der Waals surface area (Å²) in [6, 6.07) is 12.3.